The first-order valence-corrected chi connectivity index (χ1v) is 7.40. The second-order valence-corrected chi connectivity index (χ2v) is 5.86. The van der Waals surface area contributed by atoms with Gasteiger partial charge in [0.1, 0.15) is 17.3 Å². The summed E-state index contributed by atoms with van der Waals surface area (Å²) < 4.78 is 11.0. The molecule has 1 aromatic heterocycles. The molecule has 0 unspecified atom stereocenters. The van der Waals surface area contributed by atoms with Crippen molar-refractivity contribution >= 4 is 29.1 Å². The zero-order valence-electron chi connectivity index (χ0n) is 12.6. The molecule has 0 saturated carbocycles. The lowest BCUT2D eigenvalue weighted by Gasteiger charge is -2.33. The molecule has 120 valence electrons. The van der Waals surface area contributed by atoms with E-state index in [-0.39, 0.29) is 6.54 Å². The van der Waals surface area contributed by atoms with Crippen LogP contribution in [0.1, 0.15) is 18.4 Å². The zero-order chi connectivity index (χ0) is 16.6. The molecule has 1 aromatic carbocycles. The number of carbonyl (C=O) groups is 2. The number of benzene rings is 1. The fourth-order valence-electron chi connectivity index (χ4n) is 2.26. The zero-order valence-corrected chi connectivity index (χ0v) is 13.4. The van der Waals surface area contributed by atoms with E-state index in [2.05, 4.69) is 10.6 Å². The van der Waals surface area contributed by atoms with E-state index in [0.29, 0.717) is 22.2 Å². The molecule has 2 amide bonds. The third-order valence-corrected chi connectivity index (χ3v) is 3.82. The van der Waals surface area contributed by atoms with Gasteiger partial charge in [0.2, 0.25) is 0 Å². The highest BCUT2D eigenvalue weighted by atomic mass is 35.5. The minimum Gasteiger partial charge on any atom is -0.466 e. The van der Waals surface area contributed by atoms with Crippen molar-refractivity contribution in [3.05, 3.63) is 46.9 Å². The van der Waals surface area contributed by atoms with Crippen molar-refractivity contribution < 1.29 is 18.7 Å². The van der Waals surface area contributed by atoms with Crippen LogP contribution in [0.15, 0.2) is 34.7 Å². The highest BCUT2D eigenvalue weighted by Gasteiger charge is 2.47. The molecule has 3 rings (SSSR count). The van der Waals surface area contributed by atoms with Gasteiger partial charge >= 0.3 is 0 Å². The summed E-state index contributed by atoms with van der Waals surface area (Å²) in [5.74, 6) is 0.631. The lowest BCUT2D eigenvalue weighted by molar-refractivity contribution is -0.146. The lowest BCUT2D eigenvalue weighted by atomic mass is 10.0. The van der Waals surface area contributed by atoms with Crippen LogP contribution in [0.5, 0.6) is 5.75 Å². The van der Waals surface area contributed by atoms with E-state index in [1.54, 1.807) is 30.3 Å². The molecule has 7 heteroatoms. The third-order valence-electron chi connectivity index (χ3n) is 3.59. The maximum atomic E-state index is 12.4. The summed E-state index contributed by atoms with van der Waals surface area (Å²) in [5, 5.41) is 5.76. The molecular weight excluding hydrogens is 320 g/mol. The summed E-state index contributed by atoms with van der Waals surface area (Å²) in [6.07, 6.45) is 0. The van der Waals surface area contributed by atoms with Crippen molar-refractivity contribution in [2.24, 2.45) is 0 Å². The van der Waals surface area contributed by atoms with Crippen LogP contribution in [0.4, 0.5) is 5.69 Å². The summed E-state index contributed by atoms with van der Waals surface area (Å²) in [4.78, 5) is 24.7. The van der Waals surface area contributed by atoms with E-state index in [1.165, 1.54) is 6.92 Å². The molecule has 1 aliphatic heterocycles. The summed E-state index contributed by atoms with van der Waals surface area (Å²) in [6, 6.07) is 8.36. The van der Waals surface area contributed by atoms with Gasteiger partial charge in [-0.3, -0.25) is 9.59 Å². The molecule has 0 saturated heterocycles. The molecule has 23 heavy (non-hydrogen) atoms. The van der Waals surface area contributed by atoms with Crippen LogP contribution in [-0.2, 0) is 16.1 Å². The summed E-state index contributed by atoms with van der Waals surface area (Å²) in [7, 11) is 0. The van der Waals surface area contributed by atoms with Gasteiger partial charge in [-0.1, -0.05) is 11.6 Å². The molecule has 1 atom stereocenters. The van der Waals surface area contributed by atoms with Crippen molar-refractivity contribution in [1.82, 2.24) is 5.32 Å². The number of hydrogen-bond donors (Lipinski definition) is 2. The van der Waals surface area contributed by atoms with Gasteiger partial charge in [-0.25, -0.2) is 0 Å². The Morgan fingerprint density at radius 3 is 2.83 bits per heavy atom. The van der Waals surface area contributed by atoms with Gasteiger partial charge in [-0.15, -0.1) is 0 Å². The largest absolute Gasteiger partial charge is 0.466 e. The monoisotopic (exact) mass is 334 g/mol. The topological polar surface area (TPSA) is 80.6 Å². The predicted octanol–water partition coefficient (Wildman–Crippen LogP) is 2.65. The fraction of sp³-hybridized carbons (Fsp3) is 0.250. The number of ether oxygens (including phenoxy) is 1. The van der Waals surface area contributed by atoms with Crippen molar-refractivity contribution in [1.29, 1.82) is 0 Å². The van der Waals surface area contributed by atoms with E-state index >= 15 is 0 Å². The average Bonchev–Trinajstić information content (AvgIpc) is 2.92. The number of halogens is 1. The maximum Gasteiger partial charge on any atom is 0.278 e. The molecule has 0 radical (unpaired) electrons. The number of hydrogen-bond acceptors (Lipinski definition) is 4. The molecular formula is C16H15ClN2O4. The highest BCUT2D eigenvalue weighted by Crippen LogP contribution is 2.35. The van der Waals surface area contributed by atoms with Crippen LogP contribution < -0.4 is 15.4 Å². The van der Waals surface area contributed by atoms with Gasteiger partial charge < -0.3 is 19.8 Å². The van der Waals surface area contributed by atoms with Gasteiger partial charge in [-0.05, 0) is 44.2 Å². The minimum absolute atomic E-state index is 0.173. The Morgan fingerprint density at radius 1 is 1.35 bits per heavy atom. The molecule has 2 aromatic rings. The molecule has 1 aliphatic rings. The second kappa shape index (κ2) is 5.62. The number of rotatable bonds is 3. The quantitative estimate of drug-likeness (QED) is 0.846. The van der Waals surface area contributed by atoms with Gasteiger partial charge in [0.05, 0.1) is 12.2 Å². The van der Waals surface area contributed by atoms with Crippen molar-refractivity contribution in [2.75, 3.05) is 5.32 Å². The second-order valence-electron chi connectivity index (χ2n) is 5.42. The SMILES string of the molecule is Cc1ccc(CNC(=O)[C@]2(C)Oc3ccc(Cl)cc3NC2=O)o1. The Bertz CT molecular complexity index is 786. The molecule has 2 heterocycles. The van der Waals surface area contributed by atoms with Gasteiger partial charge in [0, 0.05) is 5.02 Å². The van der Waals surface area contributed by atoms with E-state index in [4.69, 9.17) is 20.8 Å². The molecule has 0 aliphatic carbocycles. The van der Waals surface area contributed by atoms with E-state index in [1.807, 2.05) is 6.92 Å². The summed E-state index contributed by atoms with van der Waals surface area (Å²) in [5.41, 5.74) is -1.22. The van der Waals surface area contributed by atoms with E-state index in [0.717, 1.165) is 5.76 Å². The first-order valence-electron chi connectivity index (χ1n) is 7.02. The predicted molar refractivity (Wildman–Crippen MR) is 84.4 cm³/mol. The van der Waals surface area contributed by atoms with Crippen LogP contribution in [0.3, 0.4) is 0 Å². The number of nitrogens with one attached hydrogen (secondary N) is 2. The molecule has 0 spiro atoms. The first kappa shape index (κ1) is 15.4. The number of furan rings is 1. The van der Waals surface area contributed by atoms with Crippen LogP contribution in [0, 0.1) is 6.92 Å². The Morgan fingerprint density at radius 2 is 2.13 bits per heavy atom. The van der Waals surface area contributed by atoms with Crippen molar-refractivity contribution in [2.45, 2.75) is 26.0 Å². The Labute approximate surface area is 137 Å². The number of amides is 2. The fourth-order valence-corrected chi connectivity index (χ4v) is 2.43. The third kappa shape index (κ3) is 2.90. The van der Waals surface area contributed by atoms with Gasteiger partial charge in [0.25, 0.3) is 17.4 Å². The molecule has 6 nitrogen and oxygen atoms in total. The number of fused-ring (bicyclic) bond motifs is 1. The molecule has 2 N–H and O–H groups in total. The van der Waals surface area contributed by atoms with Gasteiger partial charge in [-0.2, -0.15) is 0 Å². The number of carbonyl (C=O) groups excluding carboxylic acids is 2. The van der Waals surface area contributed by atoms with E-state index < -0.39 is 17.4 Å². The number of aryl methyl sites for hydroxylation is 1. The average molecular weight is 335 g/mol. The van der Waals surface area contributed by atoms with Crippen LogP contribution in [0.2, 0.25) is 5.02 Å². The van der Waals surface area contributed by atoms with Crippen LogP contribution in [-0.4, -0.2) is 17.4 Å². The summed E-state index contributed by atoms with van der Waals surface area (Å²) >= 11 is 5.88. The standard InChI is InChI=1S/C16H15ClN2O4/c1-9-3-5-11(22-9)8-18-14(20)16(2)15(21)19-12-7-10(17)4-6-13(12)23-16/h3-7H,8H2,1-2H3,(H,18,20)(H,19,21)/t16-/m0/s1. The summed E-state index contributed by atoms with van der Waals surface area (Å²) in [6.45, 7) is 3.40. The Kier molecular flexibility index (Phi) is 3.77. The van der Waals surface area contributed by atoms with Crippen LogP contribution >= 0.6 is 11.6 Å². The minimum atomic E-state index is -1.66. The Balaban J connectivity index is 1.76. The maximum absolute atomic E-state index is 12.4. The lowest BCUT2D eigenvalue weighted by Crippen LogP contribution is -2.58. The normalized spacial score (nSPS) is 19.5. The van der Waals surface area contributed by atoms with Crippen LogP contribution in [0.25, 0.3) is 0 Å². The van der Waals surface area contributed by atoms with Crippen molar-refractivity contribution in [3.8, 4) is 5.75 Å². The smallest absolute Gasteiger partial charge is 0.278 e. The Hall–Kier alpha value is -2.47. The van der Waals surface area contributed by atoms with Gasteiger partial charge in [0.15, 0.2) is 0 Å². The molecule has 0 bridgehead atoms. The van der Waals surface area contributed by atoms with E-state index in [9.17, 15) is 9.59 Å². The van der Waals surface area contributed by atoms with Crippen molar-refractivity contribution in [3.63, 3.8) is 0 Å². The highest BCUT2D eigenvalue weighted by molar-refractivity contribution is 6.31. The molecule has 0 fully saturated rings. The number of anilines is 1. The first-order chi connectivity index (χ1) is 10.9.